The van der Waals surface area contributed by atoms with E-state index >= 15 is 0 Å². The first-order valence-corrected chi connectivity index (χ1v) is 6.99. The van der Waals surface area contributed by atoms with Gasteiger partial charge in [0.1, 0.15) is 5.75 Å². The second kappa shape index (κ2) is 6.08. The van der Waals surface area contributed by atoms with Crippen LogP contribution in [0.5, 0.6) is 5.75 Å². The molecule has 0 radical (unpaired) electrons. The third-order valence-electron chi connectivity index (χ3n) is 2.58. The summed E-state index contributed by atoms with van der Waals surface area (Å²) in [6, 6.07) is 6.94. The molecule has 1 aromatic carbocycles. The number of phenolic OH excluding ortho intramolecular Hbond substituents is 1. The number of carbonyl (C=O) groups excluding carboxylic acids is 1. The lowest BCUT2D eigenvalue weighted by Crippen LogP contribution is -1.96. The van der Waals surface area contributed by atoms with Crippen LogP contribution in [0.15, 0.2) is 41.6 Å². The quantitative estimate of drug-likeness (QED) is 0.685. The molecular formula is C14H12ClNO2S. The number of nitrogens with zero attached hydrogens (tertiary/aromatic N) is 1. The molecule has 98 valence electrons. The maximum absolute atomic E-state index is 11.4. The Kier molecular flexibility index (Phi) is 4.45. The summed E-state index contributed by atoms with van der Waals surface area (Å²) in [6.45, 7) is 1.41. The number of thioether (sulfide) groups is 1. The summed E-state index contributed by atoms with van der Waals surface area (Å²) in [6.07, 6.45) is 3.42. The van der Waals surface area contributed by atoms with E-state index in [0.717, 1.165) is 4.90 Å². The molecule has 0 unspecified atom stereocenters. The highest BCUT2D eigenvalue weighted by Gasteiger charge is 2.13. The standard InChI is InChI=1S/C14H12ClNO2S/c1-9(17)13-7-11(15)6-10(14(13)18)8-19-12-2-4-16-5-3-12/h2-7,18H,8H2,1H3. The first-order chi connectivity index (χ1) is 9.08. The third kappa shape index (κ3) is 3.49. The number of Topliss-reactive ketones (excluding diaryl/α,β-unsaturated/α-hetero) is 1. The van der Waals surface area contributed by atoms with Crippen LogP contribution in [0.3, 0.4) is 0 Å². The van der Waals surface area contributed by atoms with Gasteiger partial charge in [0, 0.05) is 33.6 Å². The Morgan fingerprint density at radius 3 is 2.68 bits per heavy atom. The largest absolute Gasteiger partial charge is 0.507 e. The Labute approximate surface area is 120 Å². The van der Waals surface area contributed by atoms with Gasteiger partial charge in [-0.15, -0.1) is 11.8 Å². The van der Waals surface area contributed by atoms with Gasteiger partial charge in [-0.2, -0.15) is 0 Å². The van der Waals surface area contributed by atoms with Crippen LogP contribution in [0, 0.1) is 0 Å². The van der Waals surface area contributed by atoms with Gasteiger partial charge in [-0.3, -0.25) is 9.78 Å². The Morgan fingerprint density at radius 2 is 2.05 bits per heavy atom. The summed E-state index contributed by atoms with van der Waals surface area (Å²) < 4.78 is 0. The highest BCUT2D eigenvalue weighted by Crippen LogP contribution is 2.32. The van der Waals surface area contributed by atoms with Crippen molar-refractivity contribution in [1.29, 1.82) is 0 Å². The molecule has 0 saturated heterocycles. The molecule has 0 fully saturated rings. The third-order valence-corrected chi connectivity index (χ3v) is 3.86. The highest BCUT2D eigenvalue weighted by atomic mass is 35.5. The molecule has 3 nitrogen and oxygen atoms in total. The van der Waals surface area contributed by atoms with Crippen LogP contribution in [0.1, 0.15) is 22.8 Å². The second-order valence-corrected chi connectivity index (χ2v) is 5.47. The van der Waals surface area contributed by atoms with Gasteiger partial charge < -0.3 is 5.11 Å². The summed E-state index contributed by atoms with van der Waals surface area (Å²) >= 11 is 7.51. The van der Waals surface area contributed by atoms with Gasteiger partial charge in [0.25, 0.3) is 0 Å². The Bertz CT molecular complexity index is 602. The minimum absolute atomic E-state index is 0.0125. The number of halogens is 1. The van der Waals surface area contributed by atoms with Crippen molar-refractivity contribution >= 4 is 29.1 Å². The minimum Gasteiger partial charge on any atom is -0.507 e. The molecule has 0 spiro atoms. The minimum atomic E-state index is -0.199. The van der Waals surface area contributed by atoms with Crippen molar-refractivity contribution in [3.05, 3.63) is 52.8 Å². The molecule has 2 rings (SSSR count). The number of pyridine rings is 1. The van der Waals surface area contributed by atoms with Crippen LogP contribution in [-0.4, -0.2) is 15.9 Å². The number of hydrogen-bond acceptors (Lipinski definition) is 4. The van der Waals surface area contributed by atoms with E-state index in [4.69, 9.17) is 11.6 Å². The summed E-state index contributed by atoms with van der Waals surface area (Å²) in [5.74, 6) is 0.352. The molecule has 19 heavy (non-hydrogen) atoms. The normalized spacial score (nSPS) is 10.4. The fourth-order valence-electron chi connectivity index (χ4n) is 1.63. The highest BCUT2D eigenvalue weighted by molar-refractivity contribution is 7.98. The van der Waals surface area contributed by atoms with Crippen molar-refractivity contribution in [2.75, 3.05) is 0 Å². The van der Waals surface area contributed by atoms with Crippen LogP contribution in [0.4, 0.5) is 0 Å². The van der Waals surface area contributed by atoms with E-state index < -0.39 is 0 Å². The van der Waals surface area contributed by atoms with Crippen molar-refractivity contribution in [3.63, 3.8) is 0 Å². The van der Waals surface area contributed by atoms with Gasteiger partial charge in [-0.1, -0.05) is 11.6 Å². The van der Waals surface area contributed by atoms with Crippen molar-refractivity contribution in [2.45, 2.75) is 17.6 Å². The summed E-state index contributed by atoms with van der Waals surface area (Å²) in [5, 5.41) is 10.5. The molecule has 1 N–H and O–H groups in total. The number of hydrogen-bond donors (Lipinski definition) is 1. The van der Waals surface area contributed by atoms with E-state index in [1.165, 1.54) is 13.0 Å². The Morgan fingerprint density at radius 1 is 1.37 bits per heavy atom. The number of benzene rings is 1. The van der Waals surface area contributed by atoms with Crippen molar-refractivity contribution in [2.24, 2.45) is 0 Å². The van der Waals surface area contributed by atoms with E-state index in [9.17, 15) is 9.90 Å². The zero-order valence-corrected chi connectivity index (χ0v) is 11.8. The topological polar surface area (TPSA) is 50.2 Å². The van der Waals surface area contributed by atoms with E-state index in [0.29, 0.717) is 16.3 Å². The second-order valence-electron chi connectivity index (χ2n) is 3.99. The fraction of sp³-hybridized carbons (Fsp3) is 0.143. The monoisotopic (exact) mass is 293 g/mol. The molecule has 0 aliphatic carbocycles. The molecule has 1 heterocycles. The molecular weight excluding hydrogens is 282 g/mol. The molecule has 0 atom stereocenters. The number of aromatic hydroxyl groups is 1. The molecule has 0 saturated carbocycles. The lowest BCUT2D eigenvalue weighted by molar-refractivity contribution is 0.101. The average molecular weight is 294 g/mol. The fourth-order valence-corrected chi connectivity index (χ4v) is 2.73. The maximum Gasteiger partial charge on any atom is 0.163 e. The molecule has 0 aliphatic rings. The average Bonchev–Trinajstić information content (AvgIpc) is 2.40. The van der Waals surface area contributed by atoms with Crippen LogP contribution in [-0.2, 0) is 5.75 Å². The van der Waals surface area contributed by atoms with Crippen LogP contribution in [0.2, 0.25) is 5.02 Å². The van der Waals surface area contributed by atoms with Crippen LogP contribution in [0.25, 0.3) is 0 Å². The lowest BCUT2D eigenvalue weighted by atomic mass is 10.1. The summed E-state index contributed by atoms with van der Waals surface area (Å²) in [7, 11) is 0. The molecule has 5 heteroatoms. The number of ketones is 1. The van der Waals surface area contributed by atoms with Gasteiger partial charge >= 0.3 is 0 Å². The zero-order valence-electron chi connectivity index (χ0n) is 10.3. The van der Waals surface area contributed by atoms with Crippen molar-refractivity contribution in [3.8, 4) is 5.75 Å². The molecule has 0 aliphatic heterocycles. The van der Waals surface area contributed by atoms with Gasteiger partial charge in [0.05, 0.1) is 5.56 Å². The molecule has 0 amide bonds. The van der Waals surface area contributed by atoms with Crippen LogP contribution >= 0.6 is 23.4 Å². The maximum atomic E-state index is 11.4. The molecule has 2 aromatic rings. The number of rotatable bonds is 4. The number of aromatic nitrogens is 1. The SMILES string of the molecule is CC(=O)c1cc(Cl)cc(CSc2ccncc2)c1O. The smallest absolute Gasteiger partial charge is 0.163 e. The molecule has 1 aromatic heterocycles. The van der Waals surface area contributed by atoms with E-state index in [-0.39, 0.29) is 17.1 Å². The van der Waals surface area contributed by atoms with Gasteiger partial charge in [-0.05, 0) is 31.2 Å². The molecule has 0 bridgehead atoms. The van der Waals surface area contributed by atoms with Gasteiger partial charge in [-0.25, -0.2) is 0 Å². The predicted octanol–water partition coefficient (Wildman–Crippen LogP) is 3.94. The Hall–Kier alpha value is -1.52. The summed E-state index contributed by atoms with van der Waals surface area (Å²) in [5.41, 5.74) is 0.914. The lowest BCUT2D eigenvalue weighted by Gasteiger charge is -2.09. The first-order valence-electron chi connectivity index (χ1n) is 5.63. The summed E-state index contributed by atoms with van der Waals surface area (Å²) in [4.78, 5) is 16.4. The zero-order chi connectivity index (χ0) is 13.8. The van der Waals surface area contributed by atoms with E-state index in [1.54, 1.807) is 30.2 Å². The number of carbonyl (C=O) groups is 1. The van der Waals surface area contributed by atoms with Gasteiger partial charge in [0.15, 0.2) is 5.78 Å². The van der Waals surface area contributed by atoms with E-state index in [1.807, 2.05) is 12.1 Å². The Balaban J connectivity index is 2.23. The van der Waals surface area contributed by atoms with Crippen molar-refractivity contribution < 1.29 is 9.90 Å². The van der Waals surface area contributed by atoms with Crippen LogP contribution < -0.4 is 0 Å². The van der Waals surface area contributed by atoms with Gasteiger partial charge in [0.2, 0.25) is 0 Å². The van der Waals surface area contributed by atoms with E-state index in [2.05, 4.69) is 4.98 Å². The predicted molar refractivity (Wildman–Crippen MR) is 76.9 cm³/mol. The number of phenols is 1. The van der Waals surface area contributed by atoms with Crippen molar-refractivity contribution in [1.82, 2.24) is 4.98 Å². The first kappa shape index (κ1) is 13.9.